The largest absolute Gasteiger partial charge is 0.381 e. The van der Waals surface area contributed by atoms with Gasteiger partial charge in [-0.15, -0.1) is 0 Å². The predicted molar refractivity (Wildman–Crippen MR) is 92.9 cm³/mol. The van der Waals surface area contributed by atoms with Gasteiger partial charge in [0.15, 0.2) is 0 Å². The molecule has 1 atom stereocenters. The zero-order valence-corrected chi connectivity index (χ0v) is 14.7. The van der Waals surface area contributed by atoms with Gasteiger partial charge in [-0.05, 0) is 44.6 Å². The van der Waals surface area contributed by atoms with Crippen molar-refractivity contribution in [3.63, 3.8) is 0 Å². The van der Waals surface area contributed by atoms with E-state index < -0.39 is 0 Å². The highest BCUT2D eigenvalue weighted by Crippen LogP contribution is 2.22. The van der Waals surface area contributed by atoms with Crippen LogP contribution in [0.25, 0.3) is 0 Å². The fourth-order valence-corrected chi connectivity index (χ4v) is 3.38. The summed E-state index contributed by atoms with van der Waals surface area (Å²) in [5, 5.41) is 3.79. The summed E-state index contributed by atoms with van der Waals surface area (Å²) in [6.07, 6.45) is 16.5. The highest BCUT2D eigenvalue weighted by Gasteiger charge is 2.18. The van der Waals surface area contributed by atoms with E-state index in [1.807, 2.05) is 0 Å². The summed E-state index contributed by atoms with van der Waals surface area (Å²) in [5.41, 5.74) is 0. The fourth-order valence-electron chi connectivity index (χ4n) is 3.38. The molecule has 1 saturated heterocycles. The number of hydrogen-bond donors (Lipinski definition) is 1. The molecule has 0 saturated carbocycles. The van der Waals surface area contributed by atoms with Gasteiger partial charge in [-0.2, -0.15) is 0 Å². The second-order valence-electron chi connectivity index (χ2n) is 6.85. The van der Waals surface area contributed by atoms with Gasteiger partial charge < -0.3 is 10.1 Å². The van der Waals surface area contributed by atoms with E-state index in [-0.39, 0.29) is 0 Å². The second kappa shape index (κ2) is 13.6. The number of ether oxygens (including phenoxy) is 1. The van der Waals surface area contributed by atoms with E-state index in [1.165, 1.54) is 83.6 Å². The minimum absolute atomic E-state index is 0.753. The van der Waals surface area contributed by atoms with Gasteiger partial charge in [0.1, 0.15) is 0 Å². The lowest BCUT2D eigenvalue weighted by atomic mass is 9.90. The van der Waals surface area contributed by atoms with Crippen molar-refractivity contribution in [3.05, 3.63) is 0 Å². The molecule has 2 nitrogen and oxygen atoms in total. The molecular weight excluding hydrogens is 258 g/mol. The van der Waals surface area contributed by atoms with Crippen LogP contribution in [0.5, 0.6) is 0 Å². The molecule has 2 heteroatoms. The Balaban J connectivity index is 2.10. The van der Waals surface area contributed by atoms with Crippen molar-refractivity contribution in [1.29, 1.82) is 0 Å². The van der Waals surface area contributed by atoms with E-state index in [1.54, 1.807) is 0 Å². The van der Waals surface area contributed by atoms with Gasteiger partial charge in [0.25, 0.3) is 0 Å². The first-order valence-corrected chi connectivity index (χ1v) is 9.68. The molecule has 1 N–H and O–H groups in total. The first-order chi connectivity index (χ1) is 10.4. The first-order valence-electron chi connectivity index (χ1n) is 9.68. The van der Waals surface area contributed by atoms with Crippen molar-refractivity contribution in [1.82, 2.24) is 5.32 Å². The fraction of sp³-hybridized carbons (Fsp3) is 1.00. The molecule has 1 heterocycles. The highest BCUT2D eigenvalue weighted by molar-refractivity contribution is 4.74. The predicted octanol–water partition coefficient (Wildman–Crippen LogP) is 5.31. The first kappa shape index (κ1) is 19.0. The molecule has 1 unspecified atom stereocenters. The smallest absolute Gasteiger partial charge is 0.0468 e. The number of rotatable bonds is 13. The van der Waals surface area contributed by atoms with Gasteiger partial charge in [-0.1, -0.05) is 58.8 Å². The summed E-state index contributed by atoms with van der Waals surface area (Å²) >= 11 is 0. The molecule has 0 amide bonds. The summed E-state index contributed by atoms with van der Waals surface area (Å²) in [5.74, 6) is 0.901. The normalized spacial score (nSPS) is 18.0. The SMILES string of the molecule is CCCCCCCCCC(CC1CCOCC1)NCCC. The Labute approximate surface area is 133 Å². The van der Waals surface area contributed by atoms with E-state index in [9.17, 15) is 0 Å². The maximum atomic E-state index is 5.49. The monoisotopic (exact) mass is 297 g/mol. The third kappa shape index (κ3) is 10.3. The lowest BCUT2D eigenvalue weighted by molar-refractivity contribution is 0.0601. The Morgan fingerprint density at radius 1 is 0.905 bits per heavy atom. The van der Waals surface area contributed by atoms with Crippen LogP contribution < -0.4 is 5.32 Å². The molecule has 21 heavy (non-hydrogen) atoms. The quantitative estimate of drug-likeness (QED) is 0.465. The molecule has 0 aromatic heterocycles. The zero-order valence-electron chi connectivity index (χ0n) is 14.7. The molecule has 0 radical (unpaired) electrons. The number of nitrogens with one attached hydrogen (secondary N) is 1. The van der Waals surface area contributed by atoms with Crippen molar-refractivity contribution in [2.75, 3.05) is 19.8 Å². The molecule has 0 spiro atoms. The maximum Gasteiger partial charge on any atom is 0.0468 e. The summed E-state index contributed by atoms with van der Waals surface area (Å²) < 4.78 is 5.49. The van der Waals surface area contributed by atoms with Gasteiger partial charge in [-0.3, -0.25) is 0 Å². The van der Waals surface area contributed by atoms with Gasteiger partial charge in [0, 0.05) is 19.3 Å². The summed E-state index contributed by atoms with van der Waals surface area (Å²) in [7, 11) is 0. The van der Waals surface area contributed by atoms with E-state index >= 15 is 0 Å². The van der Waals surface area contributed by atoms with Gasteiger partial charge in [0.05, 0.1) is 0 Å². The van der Waals surface area contributed by atoms with Crippen LogP contribution in [0.1, 0.15) is 90.9 Å². The van der Waals surface area contributed by atoms with Crippen LogP contribution >= 0.6 is 0 Å². The highest BCUT2D eigenvalue weighted by atomic mass is 16.5. The molecule has 0 bridgehead atoms. The van der Waals surface area contributed by atoms with E-state index in [4.69, 9.17) is 4.74 Å². The van der Waals surface area contributed by atoms with Crippen molar-refractivity contribution < 1.29 is 4.74 Å². The molecule has 1 aliphatic rings. The summed E-state index contributed by atoms with van der Waals surface area (Å²) in [6.45, 7) is 7.72. The van der Waals surface area contributed by atoms with Crippen molar-refractivity contribution >= 4 is 0 Å². The Bertz CT molecular complexity index is 214. The topological polar surface area (TPSA) is 21.3 Å². The summed E-state index contributed by atoms with van der Waals surface area (Å²) in [4.78, 5) is 0. The summed E-state index contributed by atoms with van der Waals surface area (Å²) in [6, 6.07) is 0.753. The lowest BCUT2D eigenvalue weighted by Gasteiger charge is -2.27. The van der Waals surface area contributed by atoms with E-state index in [0.29, 0.717) is 0 Å². The van der Waals surface area contributed by atoms with Gasteiger partial charge in [0.2, 0.25) is 0 Å². The molecule has 126 valence electrons. The van der Waals surface area contributed by atoms with Crippen molar-refractivity contribution in [3.8, 4) is 0 Å². The second-order valence-corrected chi connectivity index (χ2v) is 6.85. The number of unbranched alkanes of at least 4 members (excludes halogenated alkanes) is 6. The molecule has 1 rings (SSSR count). The molecular formula is C19H39NO. The third-order valence-corrected chi connectivity index (χ3v) is 4.80. The number of hydrogen-bond acceptors (Lipinski definition) is 2. The van der Waals surface area contributed by atoms with Crippen LogP contribution in [0.2, 0.25) is 0 Å². The van der Waals surface area contributed by atoms with Crippen LogP contribution in [0.4, 0.5) is 0 Å². The van der Waals surface area contributed by atoms with Crippen LogP contribution in [0.15, 0.2) is 0 Å². The van der Waals surface area contributed by atoms with Crippen molar-refractivity contribution in [2.24, 2.45) is 5.92 Å². The molecule has 1 fully saturated rings. The average Bonchev–Trinajstić information content (AvgIpc) is 2.52. The van der Waals surface area contributed by atoms with Crippen LogP contribution in [0, 0.1) is 5.92 Å². The average molecular weight is 298 g/mol. The Kier molecular flexibility index (Phi) is 12.3. The molecule has 0 aromatic carbocycles. The molecule has 0 aliphatic carbocycles. The van der Waals surface area contributed by atoms with Crippen LogP contribution in [-0.2, 0) is 4.74 Å². The van der Waals surface area contributed by atoms with E-state index in [2.05, 4.69) is 19.2 Å². The zero-order chi connectivity index (χ0) is 15.2. The Hall–Kier alpha value is -0.0800. The minimum atomic E-state index is 0.753. The lowest BCUT2D eigenvalue weighted by Crippen LogP contribution is -2.33. The van der Waals surface area contributed by atoms with E-state index in [0.717, 1.165) is 25.2 Å². The third-order valence-electron chi connectivity index (χ3n) is 4.80. The van der Waals surface area contributed by atoms with Crippen LogP contribution in [-0.4, -0.2) is 25.8 Å². The Morgan fingerprint density at radius 2 is 1.57 bits per heavy atom. The van der Waals surface area contributed by atoms with Gasteiger partial charge in [-0.25, -0.2) is 0 Å². The van der Waals surface area contributed by atoms with Gasteiger partial charge >= 0.3 is 0 Å². The molecule has 0 aromatic rings. The molecule has 1 aliphatic heterocycles. The van der Waals surface area contributed by atoms with Crippen LogP contribution in [0.3, 0.4) is 0 Å². The minimum Gasteiger partial charge on any atom is -0.381 e. The standard InChI is InChI=1S/C19H39NO/c1-3-5-6-7-8-9-10-11-19(20-14-4-2)17-18-12-15-21-16-13-18/h18-20H,3-17H2,1-2H3. The van der Waals surface area contributed by atoms with Crippen molar-refractivity contribution in [2.45, 2.75) is 96.9 Å². The maximum absolute atomic E-state index is 5.49. The Morgan fingerprint density at radius 3 is 2.24 bits per heavy atom.